The van der Waals surface area contributed by atoms with Gasteiger partial charge in [-0.2, -0.15) is 13.2 Å². The van der Waals surface area contributed by atoms with Crippen LogP contribution in [0.3, 0.4) is 0 Å². The first-order valence-corrected chi connectivity index (χ1v) is 10.1. The minimum Gasteiger partial charge on any atom is -0.493 e. The second-order valence-electron chi connectivity index (χ2n) is 7.48. The van der Waals surface area contributed by atoms with Gasteiger partial charge in [-0.1, -0.05) is 12.1 Å². The molecule has 3 rings (SSSR count). The number of fused-ring (bicyclic) bond motifs is 1. The van der Waals surface area contributed by atoms with E-state index < -0.39 is 17.7 Å². The molecule has 2 aromatic carbocycles. The van der Waals surface area contributed by atoms with Crippen LogP contribution in [0.15, 0.2) is 48.2 Å². The Balaban J connectivity index is 2.26. The molecule has 2 aromatic rings. The summed E-state index contributed by atoms with van der Waals surface area (Å²) in [4.78, 5) is 14.7. The Kier molecular flexibility index (Phi) is 6.62. The van der Waals surface area contributed by atoms with E-state index in [1.165, 1.54) is 26.2 Å². The summed E-state index contributed by atoms with van der Waals surface area (Å²) in [6.45, 7) is 4.89. The summed E-state index contributed by atoms with van der Waals surface area (Å²) in [6, 6.07) is 8.73. The Morgan fingerprint density at radius 1 is 1.10 bits per heavy atom. The van der Waals surface area contributed by atoms with E-state index in [0.29, 0.717) is 42.1 Å². The van der Waals surface area contributed by atoms with Gasteiger partial charge >= 0.3 is 6.18 Å². The molecule has 166 valence electrons. The van der Waals surface area contributed by atoms with Crippen LogP contribution >= 0.6 is 0 Å². The number of Topliss-reactive ketones (excluding diaryl/α,β-unsaturated/α-hetero) is 1. The number of rotatable bonds is 5. The molecule has 0 aliphatic carbocycles. The number of carbonyl (C=O) groups excluding carboxylic acids is 1. The van der Waals surface area contributed by atoms with Gasteiger partial charge in [0.25, 0.3) is 0 Å². The molecule has 7 heteroatoms. The number of ketones is 1. The fraction of sp³-hybridized carbons (Fsp3) is 0.375. The molecular formula is C24H26F3NO3. The lowest BCUT2D eigenvalue weighted by atomic mass is 9.79. The molecule has 1 aliphatic heterocycles. The molecule has 31 heavy (non-hydrogen) atoms. The van der Waals surface area contributed by atoms with Gasteiger partial charge < -0.3 is 14.4 Å². The van der Waals surface area contributed by atoms with Crippen LogP contribution in [0.1, 0.15) is 42.0 Å². The molecule has 0 radical (unpaired) electrons. The predicted octanol–water partition coefficient (Wildman–Crippen LogP) is 5.21. The Bertz CT molecular complexity index is 981. The number of likely N-dealkylation sites (N-methyl/N-ethyl adjacent to an activating group) is 1. The summed E-state index contributed by atoms with van der Waals surface area (Å²) in [5.74, 6) is 0.424. The van der Waals surface area contributed by atoms with Crippen molar-refractivity contribution in [3.8, 4) is 11.5 Å². The number of allylic oxidation sites excluding steroid dienone is 1. The average Bonchev–Trinajstić information content (AvgIpc) is 2.73. The van der Waals surface area contributed by atoms with E-state index in [1.54, 1.807) is 7.11 Å². The number of methoxy groups -OCH3 is 2. The predicted molar refractivity (Wildman–Crippen MR) is 113 cm³/mol. The fourth-order valence-electron chi connectivity index (χ4n) is 3.96. The van der Waals surface area contributed by atoms with Crippen molar-refractivity contribution >= 4 is 5.78 Å². The summed E-state index contributed by atoms with van der Waals surface area (Å²) < 4.78 is 50.2. The van der Waals surface area contributed by atoms with E-state index >= 15 is 0 Å². The zero-order valence-electron chi connectivity index (χ0n) is 18.0. The molecule has 1 heterocycles. The van der Waals surface area contributed by atoms with Crippen LogP contribution in [-0.4, -0.2) is 38.0 Å². The Hall–Kier alpha value is -2.96. The van der Waals surface area contributed by atoms with Gasteiger partial charge in [-0.05, 0) is 61.2 Å². The van der Waals surface area contributed by atoms with E-state index in [2.05, 4.69) is 0 Å². The highest BCUT2D eigenvalue weighted by Gasteiger charge is 2.32. The first-order valence-electron chi connectivity index (χ1n) is 10.1. The Labute approximate surface area is 180 Å². The largest absolute Gasteiger partial charge is 0.493 e. The lowest BCUT2D eigenvalue weighted by Crippen LogP contribution is -2.26. The van der Waals surface area contributed by atoms with E-state index in [-0.39, 0.29) is 5.78 Å². The van der Waals surface area contributed by atoms with E-state index in [9.17, 15) is 18.0 Å². The van der Waals surface area contributed by atoms with Gasteiger partial charge in [-0.25, -0.2) is 0 Å². The first kappa shape index (κ1) is 22.7. The number of alkyl halides is 3. The van der Waals surface area contributed by atoms with Crippen LogP contribution in [0.25, 0.3) is 0 Å². The quantitative estimate of drug-likeness (QED) is 0.649. The van der Waals surface area contributed by atoms with Crippen LogP contribution in [0.5, 0.6) is 11.5 Å². The summed E-state index contributed by atoms with van der Waals surface area (Å²) in [5.41, 5.74) is 2.20. The number of carbonyl (C=O) groups is 1. The molecule has 0 amide bonds. The molecule has 0 aromatic heterocycles. The molecular weight excluding hydrogens is 407 g/mol. The molecule has 1 aliphatic rings. The first-order chi connectivity index (χ1) is 14.7. The average molecular weight is 433 g/mol. The van der Waals surface area contributed by atoms with E-state index in [1.807, 2.05) is 30.2 Å². The van der Waals surface area contributed by atoms with Gasteiger partial charge in [0.1, 0.15) is 0 Å². The molecule has 0 saturated carbocycles. The maximum absolute atomic E-state index is 13.1. The van der Waals surface area contributed by atoms with Crippen molar-refractivity contribution in [1.29, 1.82) is 0 Å². The monoisotopic (exact) mass is 433 g/mol. The zero-order chi connectivity index (χ0) is 22.8. The van der Waals surface area contributed by atoms with Gasteiger partial charge in [0, 0.05) is 30.8 Å². The molecule has 0 bridgehead atoms. The lowest BCUT2D eigenvalue weighted by Gasteiger charge is -2.30. The van der Waals surface area contributed by atoms with Gasteiger partial charge in [-0.3, -0.25) is 4.79 Å². The summed E-state index contributed by atoms with van der Waals surface area (Å²) in [7, 11) is 3.08. The van der Waals surface area contributed by atoms with Crippen LogP contribution < -0.4 is 9.47 Å². The Morgan fingerprint density at radius 2 is 1.71 bits per heavy atom. The van der Waals surface area contributed by atoms with Crippen molar-refractivity contribution in [3.05, 3.63) is 70.4 Å². The highest BCUT2D eigenvalue weighted by Crippen LogP contribution is 2.42. The third-order valence-electron chi connectivity index (χ3n) is 5.64. The van der Waals surface area contributed by atoms with Gasteiger partial charge in [0.05, 0.1) is 19.8 Å². The second kappa shape index (κ2) is 9.04. The number of nitrogens with zero attached hydrogens (tertiary/aromatic N) is 1. The summed E-state index contributed by atoms with van der Waals surface area (Å²) >= 11 is 0. The lowest BCUT2D eigenvalue weighted by molar-refractivity contribution is -0.137. The topological polar surface area (TPSA) is 38.8 Å². The molecule has 1 unspecified atom stereocenters. The summed E-state index contributed by atoms with van der Waals surface area (Å²) in [5, 5.41) is 0. The SMILES string of the molecule is CCN1/C=C(/C(C)=O)C(c2ccc(C(F)(F)F)cc2)c2cc(OC)c(OC)cc2CC1. The number of hydrogen-bond donors (Lipinski definition) is 0. The van der Waals surface area contributed by atoms with Crippen LogP contribution in [0.2, 0.25) is 0 Å². The minimum absolute atomic E-state index is 0.133. The zero-order valence-corrected chi connectivity index (χ0v) is 18.0. The molecule has 0 saturated heterocycles. The minimum atomic E-state index is -4.42. The molecule has 1 atom stereocenters. The second-order valence-corrected chi connectivity index (χ2v) is 7.48. The van der Waals surface area contributed by atoms with Crippen LogP contribution in [-0.2, 0) is 17.4 Å². The maximum Gasteiger partial charge on any atom is 0.416 e. The normalized spacial score (nSPS) is 18.4. The van der Waals surface area contributed by atoms with Gasteiger partial charge in [-0.15, -0.1) is 0 Å². The van der Waals surface area contributed by atoms with Gasteiger partial charge in [0.15, 0.2) is 17.3 Å². The van der Waals surface area contributed by atoms with Gasteiger partial charge in [0.2, 0.25) is 0 Å². The van der Waals surface area contributed by atoms with Crippen LogP contribution in [0.4, 0.5) is 13.2 Å². The third-order valence-corrected chi connectivity index (χ3v) is 5.64. The molecule has 4 nitrogen and oxygen atoms in total. The van der Waals surface area contributed by atoms with Crippen molar-refractivity contribution in [2.24, 2.45) is 0 Å². The summed E-state index contributed by atoms with van der Waals surface area (Å²) in [6.07, 6.45) is -1.89. The maximum atomic E-state index is 13.1. The highest BCUT2D eigenvalue weighted by atomic mass is 19.4. The third kappa shape index (κ3) is 4.70. The molecule has 0 fully saturated rings. The van der Waals surface area contributed by atoms with Crippen molar-refractivity contribution in [3.63, 3.8) is 0 Å². The standard InChI is InChI=1S/C24H26F3NO3/c1-5-28-11-10-17-12-21(30-3)22(31-4)13-19(17)23(20(14-28)15(2)29)16-6-8-18(9-7-16)24(25,26)27/h6-9,12-14,23H,5,10-11H2,1-4H3/b20-14-. The van der Waals surface area contributed by atoms with Crippen molar-refractivity contribution in [2.75, 3.05) is 27.3 Å². The van der Waals surface area contributed by atoms with Crippen LogP contribution in [0, 0.1) is 0 Å². The van der Waals surface area contributed by atoms with E-state index in [0.717, 1.165) is 23.3 Å². The highest BCUT2D eigenvalue weighted by molar-refractivity contribution is 5.95. The number of benzene rings is 2. The van der Waals surface area contributed by atoms with Crippen molar-refractivity contribution in [1.82, 2.24) is 4.90 Å². The number of hydrogen-bond acceptors (Lipinski definition) is 4. The molecule has 0 spiro atoms. The van der Waals surface area contributed by atoms with Crippen molar-refractivity contribution in [2.45, 2.75) is 32.4 Å². The Morgan fingerprint density at radius 3 is 2.23 bits per heavy atom. The van der Waals surface area contributed by atoms with E-state index in [4.69, 9.17) is 9.47 Å². The molecule has 0 N–H and O–H groups in total. The van der Waals surface area contributed by atoms with Crippen molar-refractivity contribution < 1.29 is 27.4 Å². The number of ether oxygens (including phenoxy) is 2. The fourth-order valence-corrected chi connectivity index (χ4v) is 3.96. The number of halogens is 3. The smallest absolute Gasteiger partial charge is 0.416 e.